The van der Waals surface area contributed by atoms with E-state index in [2.05, 4.69) is 25.9 Å². The van der Waals surface area contributed by atoms with Gasteiger partial charge in [-0.2, -0.15) is 0 Å². The Hall–Kier alpha value is -1.98. The molecule has 1 aromatic carbocycles. The second kappa shape index (κ2) is 5.42. The summed E-state index contributed by atoms with van der Waals surface area (Å²) in [5.74, 6) is -0.189. The molecule has 104 valence electrons. The molecule has 6 heteroatoms. The number of ketones is 1. The van der Waals surface area contributed by atoms with Crippen LogP contribution in [-0.4, -0.2) is 15.8 Å². The number of carbonyl (C=O) groups excluding carboxylic acids is 1. The van der Waals surface area contributed by atoms with Gasteiger partial charge in [0.25, 0.3) is 0 Å². The molecule has 2 heterocycles. The van der Waals surface area contributed by atoms with Gasteiger partial charge in [0.2, 0.25) is 5.78 Å². The van der Waals surface area contributed by atoms with Crippen LogP contribution in [0.15, 0.2) is 47.1 Å². The molecule has 0 amide bonds. The third kappa shape index (κ3) is 2.62. The van der Waals surface area contributed by atoms with Crippen LogP contribution in [0.1, 0.15) is 16.1 Å². The number of rotatable bonds is 2. The molecule has 3 rings (SSSR count). The van der Waals surface area contributed by atoms with Crippen molar-refractivity contribution in [3.05, 3.63) is 63.3 Å². The zero-order valence-corrected chi connectivity index (χ0v) is 13.0. The maximum absolute atomic E-state index is 12.6. The van der Waals surface area contributed by atoms with Gasteiger partial charge in [0.15, 0.2) is 0 Å². The molecule has 0 saturated heterocycles. The molecule has 0 spiro atoms. The summed E-state index contributed by atoms with van der Waals surface area (Å²) in [6, 6.07) is 10.9. The molecule has 0 radical (unpaired) electrons. The topological polar surface area (TPSA) is 68.9 Å². The Labute approximate surface area is 134 Å². The van der Waals surface area contributed by atoms with Gasteiger partial charge in [-0.05, 0) is 34.1 Å². The van der Waals surface area contributed by atoms with E-state index >= 15 is 0 Å². The SMILES string of the molecule is Nc1ncc(Cl)cc1C(=O)c1nc2ccccc2cc1Br. The van der Waals surface area contributed by atoms with Gasteiger partial charge in [0.1, 0.15) is 11.5 Å². The van der Waals surface area contributed by atoms with E-state index in [-0.39, 0.29) is 22.9 Å². The number of hydrogen-bond donors (Lipinski definition) is 1. The monoisotopic (exact) mass is 361 g/mol. The number of halogens is 2. The van der Waals surface area contributed by atoms with Crippen LogP contribution in [0.3, 0.4) is 0 Å². The van der Waals surface area contributed by atoms with Gasteiger partial charge in [0.05, 0.1) is 16.1 Å². The number of carbonyl (C=O) groups is 1. The lowest BCUT2D eigenvalue weighted by atomic mass is 10.1. The second-order valence-corrected chi connectivity index (χ2v) is 5.72. The van der Waals surface area contributed by atoms with Gasteiger partial charge in [-0.3, -0.25) is 4.79 Å². The van der Waals surface area contributed by atoms with E-state index in [1.54, 1.807) is 0 Å². The van der Waals surface area contributed by atoms with E-state index in [9.17, 15) is 4.79 Å². The summed E-state index contributed by atoms with van der Waals surface area (Å²) in [6.07, 6.45) is 1.40. The first-order valence-electron chi connectivity index (χ1n) is 6.07. The van der Waals surface area contributed by atoms with Gasteiger partial charge >= 0.3 is 0 Å². The predicted octanol–water partition coefficient (Wildman–Crippen LogP) is 3.86. The Kier molecular flexibility index (Phi) is 3.61. The Morgan fingerprint density at radius 3 is 2.81 bits per heavy atom. The molecule has 2 N–H and O–H groups in total. The first-order valence-corrected chi connectivity index (χ1v) is 7.24. The Bertz CT molecular complexity index is 867. The number of nitrogens with zero attached hydrogens (tertiary/aromatic N) is 2. The van der Waals surface area contributed by atoms with E-state index in [0.717, 1.165) is 10.9 Å². The first kappa shape index (κ1) is 14.0. The van der Waals surface area contributed by atoms with Crippen LogP contribution in [0.2, 0.25) is 5.02 Å². The predicted molar refractivity (Wildman–Crippen MR) is 86.5 cm³/mol. The number of para-hydroxylation sites is 1. The highest BCUT2D eigenvalue weighted by molar-refractivity contribution is 9.10. The normalized spacial score (nSPS) is 10.8. The summed E-state index contributed by atoms with van der Waals surface area (Å²) in [7, 11) is 0. The van der Waals surface area contributed by atoms with Crippen molar-refractivity contribution in [2.75, 3.05) is 5.73 Å². The minimum atomic E-state index is -0.319. The summed E-state index contributed by atoms with van der Waals surface area (Å²) < 4.78 is 0.602. The maximum atomic E-state index is 12.6. The van der Waals surface area contributed by atoms with E-state index in [1.165, 1.54) is 12.3 Å². The smallest absolute Gasteiger partial charge is 0.216 e. The van der Waals surface area contributed by atoms with Crippen LogP contribution in [0.4, 0.5) is 5.82 Å². The van der Waals surface area contributed by atoms with Crippen LogP contribution in [0.25, 0.3) is 10.9 Å². The number of nitrogen functional groups attached to an aromatic ring is 1. The van der Waals surface area contributed by atoms with Gasteiger partial charge in [-0.25, -0.2) is 9.97 Å². The van der Waals surface area contributed by atoms with Crippen LogP contribution in [0, 0.1) is 0 Å². The maximum Gasteiger partial charge on any atom is 0.216 e. The van der Waals surface area contributed by atoms with E-state index < -0.39 is 0 Å². The molecule has 4 nitrogen and oxygen atoms in total. The molecule has 2 aromatic heterocycles. The van der Waals surface area contributed by atoms with Crippen LogP contribution < -0.4 is 5.73 Å². The molecule has 21 heavy (non-hydrogen) atoms. The van der Waals surface area contributed by atoms with Crippen molar-refractivity contribution in [2.45, 2.75) is 0 Å². The van der Waals surface area contributed by atoms with Crippen molar-refractivity contribution in [1.29, 1.82) is 0 Å². The molecule has 0 saturated carbocycles. The standard InChI is InChI=1S/C15H9BrClN3O/c16-11-5-8-3-1-2-4-12(8)20-13(11)14(21)10-6-9(17)7-19-15(10)18/h1-7H,(H2,18,19). The van der Waals surface area contributed by atoms with Crippen LogP contribution >= 0.6 is 27.5 Å². The molecular weight excluding hydrogens is 354 g/mol. The summed E-state index contributed by atoms with van der Waals surface area (Å²) in [4.78, 5) is 20.9. The molecule has 0 bridgehead atoms. The van der Waals surface area contributed by atoms with Crippen molar-refractivity contribution in [3.63, 3.8) is 0 Å². The lowest BCUT2D eigenvalue weighted by Crippen LogP contribution is -2.09. The largest absolute Gasteiger partial charge is 0.383 e. The Morgan fingerprint density at radius 2 is 2.00 bits per heavy atom. The highest BCUT2D eigenvalue weighted by Crippen LogP contribution is 2.25. The van der Waals surface area contributed by atoms with Gasteiger partial charge < -0.3 is 5.73 Å². The molecule has 3 aromatic rings. The molecule has 0 unspecified atom stereocenters. The third-order valence-electron chi connectivity index (χ3n) is 3.02. The molecule has 0 atom stereocenters. The van der Waals surface area contributed by atoms with Crippen molar-refractivity contribution in [1.82, 2.24) is 9.97 Å². The third-order valence-corrected chi connectivity index (χ3v) is 3.83. The van der Waals surface area contributed by atoms with E-state index in [1.807, 2.05) is 30.3 Å². The van der Waals surface area contributed by atoms with E-state index in [0.29, 0.717) is 9.50 Å². The quantitative estimate of drug-likeness (QED) is 0.703. The zero-order valence-electron chi connectivity index (χ0n) is 10.7. The van der Waals surface area contributed by atoms with Gasteiger partial charge in [-0.15, -0.1) is 0 Å². The fourth-order valence-corrected chi connectivity index (χ4v) is 2.68. The summed E-state index contributed by atoms with van der Waals surface area (Å²) in [5, 5.41) is 1.29. The second-order valence-electron chi connectivity index (χ2n) is 4.43. The number of fused-ring (bicyclic) bond motifs is 1. The van der Waals surface area contributed by atoms with Gasteiger partial charge in [-0.1, -0.05) is 29.8 Å². The number of aromatic nitrogens is 2. The summed E-state index contributed by atoms with van der Waals surface area (Å²) in [6.45, 7) is 0. The summed E-state index contributed by atoms with van der Waals surface area (Å²) >= 11 is 9.26. The fraction of sp³-hybridized carbons (Fsp3) is 0. The van der Waals surface area contributed by atoms with Crippen LogP contribution in [-0.2, 0) is 0 Å². The van der Waals surface area contributed by atoms with Crippen molar-refractivity contribution in [3.8, 4) is 0 Å². The highest BCUT2D eigenvalue weighted by Gasteiger charge is 2.19. The Balaban J connectivity index is 2.17. The van der Waals surface area contributed by atoms with E-state index in [4.69, 9.17) is 17.3 Å². The van der Waals surface area contributed by atoms with Crippen molar-refractivity contribution in [2.24, 2.45) is 0 Å². The first-order chi connectivity index (χ1) is 10.1. The number of anilines is 1. The number of hydrogen-bond acceptors (Lipinski definition) is 4. The number of pyridine rings is 2. The van der Waals surface area contributed by atoms with Crippen molar-refractivity contribution < 1.29 is 4.79 Å². The molecule has 0 aliphatic rings. The highest BCUT2D eigenvalue weighted by atomic mass is 79.9. The fourth-order valence-electron chi connectivity index (χ4n) is 2.01. The average Bonchev–Trinajstić information content (AvgIpc) is 2.48. The lowest BCUT2D eigenvalue weighted by Gasteiger charge is -2.07. The van der Waals surface area contributed by atoms with Gasteiger partial charge in [0, 0.05) is 16.1 Å². The van der Waals surface area contributed by atoms with Crippen molar-refractivity contribution >= 4 is 50.0 Å². The minimum Gasteiger partial charge on any atom is -0.383 e. The van der Waals surface area contributed by atoms with Crippen LogP contribution in [0.5, 0.6) is 0 Å². The number of benzene rings is 1. The minimum absolute atomic E-state index is 0.131. The molecular formula is C15H9BrClN3O. The molecule has 0 aliphatic heterocycles. The molecule has 0 fully saturated rings. The average molecular weight is 363 g/mol. The number of nitrogens with two attached hydrogens (primary N) is 1. The molecule has 0 aliphatic carbocycles. The lowest BCUT2D eigenvalue weighted by molar-refractivity contribution is 0.103. The summed E-state index contributed by atoms with van der Waals surface area (Å²) in [5.41, 5.74) is 7.01. The Morgan fingerprint density at radius 1 is 1.24 bits per heavy atom. The zero-order chi connectivity index (χ0) is 15.0.